The maximum absolute atomic E-state index is 11.9. The number of sulfonamides is 1. The Kier molecular flexibility index (Phi) is 5.00. The Morgan fingerprint density at radius 3 is 2.23 bits per heavy atom. The van der Waals surface area contributed by atoms with Gasteiger partial charge in [-0.2, -0.15) is 0 Å². The molecule has 0 spiro atoms. The Bertz CT molecular complexity index is 745. The molecule has 0 bridgehead atoms. The Balaban J connectivity index is 2.00. The van der Waals surface area contributed by atoms with Crippen LogP contribution in [-0.2, 0) is 14.8 Å². The first-order chi connectivity index (χ1) is 10.4. The van der Waals surface area contributed by atoms with Crippen LogP contribution in [0.5, 0.6) is 5.75 Å². The van der Waals surface area contributed by atoms with Gasteiger partial charge >= 0.3 is 0 Å². The number of nitrogens with one attached hydrogen (secondary N) is 2. The van der Waals surface area contributed by atoms with Crippen LogP contribution in [0.2, 0.25) is 0 Å². The van der Waals surface area contributed by atoms with Crippen LogP contribution in [0.1, 0.15) is 0 Å². The van der Waals surface area contributed by atoms with Gasteiger partial charge in [0, 0.05) is 0 Å². The van der Waals surface area contributed by atoms with Crippen LogP contribution >= 0.6 is 0 Å². The van der Waals surface area contributed by atoms with E-state index >= 15 is 0 Å². The molecule has 0 radical (unpaired) electrons. The molecule has 2 aromatic rings. The highest BCUT2D eigenvalue weighted by Gasteiger charge is 2.10. The molecule has 0 saturated carbocycles. The zero-order chi connectivity index (χ0) is 16.0. The molecule has 2 N–H and O–H groups in total. The summed E-state index contributed by atoms with van der Waals surface area (Å²) < 4.78 is 30.3. The fourth-order valence-corrected chi connectivity index (χ4v) is 2.31. The van der Waals surface area contributed by atoms with E-state index < -0.39 is 10.0 Å². The molecule has 2 rings (SSSR count). The molecule has 0 aliphatic rings. The number of hydrogen-bond donors (Lipinski definition) is 2. The Hall–Kier alpha value is -2.54. The van der Waals surface area contributed by atoms with E-state index in [1.807, 2.05) is 6.07 Å². The first-order valence-electron chi connectivity index (χ1n) is 6.48. The molecule has 0 heterocycles. The van der Waals surface area contributed by atoms with Crippen molar-refractivity contribution >= 4 is 27.3 Å². The van der Waals surface area contributed by atoms with Crippen LogP contribution < -0.4 is 14.8 Å². The second kappa shape index (κ2) is 6.95. The maximum atomic E-state index is 11.9. The smallest absolute Gasteiger partial charge is 0.262 e. The maximum Gasteiger partial charge on any atom is 0.262 e. The number of carbonyl (C=O) groups excluding carboxylic acids is 1. The largest absolute Gasteiger partial charge is 0.484 e. The average molecular weight is 320 g/mol. The molecule has 0 saturated heterocycles. The molecule has 0 unspecified atom stereocenters. The number of benzene rings is 2. The minimum absolute atomic E-state index is 0.169. The van der Waals surface area contributed by atoms with Gasteiger partial charge in [0.1, 0.15) is 5.75 Å². The van der Waals surface area contributed by atoms with Gasteiger partial charge in [0.2, 0.25) is 10.0 Å². The van der Waals surface area contributed by atoms with Crippen molar-refractivity contribution in [2.45, 2.75) is 0 Å². The van der Waals surface area contributed by atoms with E-state index in [1.54, 1.807) is 48.5 Å². The molecule has 0 aromatic heterocycles. The zero-order valence-corrected chi connectivity index (χ0v) is 12.8. The molecule has 116 valence electrons. The van der Waals surface area contributed by atoms with Crippen molar-refractivity contribution in [3.05, 3.63) is 54.6 Å². The van der Waals surface area contributed by atoms with Crippen molar-refractivity contribution in [1.29, 1.82) is 0 Å². The number of rotatable bonds is 6. The topological polar surface area (TPSA) is 84.5 Å². The van der Waals surface area contributed by atoms with E-state index in [0.717, 1.165) is 6.26 Å². The zero-order valence-electron chi connectivity index (χ0n) is 11.9. The summed E-state index contributed by atoms with van der Waals surface area (Å²) in [5.41, 5.74) is 0.674. The predicted octanol–water partition coefficient (Wildman–Crippen LogP) is 2.08. The van der Waals surface area contributed by atoms with Gasteiger partial charge in [-0.05, 0) is 24.3 Å². The van der Waals surface area contributed by atoms with E-state index in [-0.39, 0.29) is 12.5 Å². The summed E-state index contributed by atoms with van der Waals surface area (Å²) in [6.45, 7) is -0.169. The summed E-state index contributed by atoms with van der Waals surface area (Å²) in [6, 6.07) is 15.5. The molecule has 7 heteroatoms. The van der Waals surface area contributed by atoms with Crippen LogP contribution in [0.3, 0.4) is 0 Å². The van der Waals surface area contributed by atoms with Crippen LogP contribution in [0.4, 0.5) is 11.4 Å². The highest BCUT2D eigenvalue weighted by molar-refractivity contribution is 7.92. The number of para-hydroxylation sites is 3. The predicted molar refractivity (Wildman–Crippen MR) is 85.5 cm³/mol. The van der Waals surface area contributed by atoms with Gasteiger partial charge < -0.3 is 10.1 Å². The average Bonchev–Trinajstić information content (AvgIpc) is 2.47. The van der Waals surface area contributed by atoms with Gasteiger partial charge in [-0.3, -0.25) is 9.52 Å². The fraction of sp³-hybridized carbons (Fsp3) is 0.133. The number of amides is 1. The third-order valence-electron chi connectivity index (χ3n) is 2.61. The Labute approximate surface area is 129 Å². The number of anilines is 2. The monoisotopic (exact) mass is 320 g/mol. The van der Waals surface area contributed by atoms with Gasteiger partial charge in [-0.1, -0.05) is 30.3 Å². The minimum atomic E-state index is -3.42. The van der Waals surface area contributed by atoms with Crippen LogP contribution in [0.25, 0.3) is 0 Å². The van der Waals surface area contributed by atoms with Crippen molar-refractivity contribution < 1.29 is 17.9 Å². The molecule has 0 aliphatic heterocycles. The first-order valence-corrected chi connectivity index (χ1v) is 8.38. The van der Waals surface area contributed by atoms with Gasteiger partial charge in [0.15, 0.2) is 6.61 Å². The summed E-state index contributed by atoms with van der Waals surface area (Å²) in [6.07, 6.45) is 1.05. The van der Waals surface area contributed by atoms with E-state index in [9.17, 15) is 13.2 Å². The van der Waals surface area contributed by atoms with Crippen LogP contribution in [-0.4, -0.2) is 27.2 Å². The molecule has 22 heavy (non-hydrogen) atoms. The fourth-order valence-electron chi connectivity index (χ4n) is 1.73. The van der Waals surface area contributed by atoms with Crippen molar-refractivity contribution in [2.24, 2.45) is 0 Å². The van der Waals surface area contributed by atoms with Crippen LogP contribution in [0.15, 0.2) is 54.6 Å². The van der Waals surface area contributed by atoms with Gasteiger partial charge in [0.05, 0.1) is 17.6 Å². The SMILES string of the molecule is CS(=O)(=O)Nc1ccccc1NC(=O)COc1ccccc1. The molecule has 6 nitrogen and oxygen atoms in total. The van der Waals surface area contributed by atoms with Crippen molar-refractivity contribution in [2.75, 3.05) is 22.9 Å². The molecule has 2 aromatic carbocycles. The second-order valence-electron chi connectivity index (χ2n) is 4.57. The normalized spacial score (nSPS) is 10.8. The van der Waals surface area contributed by atoms with Crippen LogP contribution in [0, 0.1) is 0 Å². The number of hydrogen-bond acceptors (Lipinski definition) is 4. The lowest BCUT2D eigenvalue weighted by Gasteiger charge is -2.12. The third-order valence-corrected chi connectivity index (χ3v) is 3.20. The van der Waals surface area contributed by atoms with E-state index in [4.69, 9.17) is 4.74 Å². The summed E-state index contributed by atoms with van der Waals surface area (Å²) in [5, 5.41) is 2.61. The van der Waals surface area contributed by atoms with Gasteiger partial charge in [0.25, 0.3) is 5.91 Å². The van der Waals surface area contributed by atoms with Crippen molar-refractivity contribution in [3.8, 4) is 5.75 Å². The molecule has 0 atom stereocenters. The van der Waals surface area contributed by atoms with E-state index in [1.165, 1.54) is 0 Å². The van der Waals surface area contributed by atoms with E-state index in [2.05, 4.69) is 10.0 Å². The Morgan fingerprint density at radius 2 is 1.59 bits per heavy atom. The molecule has 0 fully saturated rings. The van der Waals surface area contributed by atoms with Gasteiger partial charge in [-0.15, -0.1) is 0 Å². The van der Waals surface area contributed by atoms with Crippen molar-refractivity contribution in [3.63, 3.8) is 0 Å². The number of carbonyl (C=O) groups is 1. The molecular formula is C15H16N2O4S. The van der Waals surface area contributed by atoms with Gasteiger partial charge in [-0.25, -0.2) is 8.42 Å². The number of ether oxygens (including phenoxy) is 1. The molecule has 0 aliphatic carbocycles. The quantitative estimate of drug-likeness (QED) is 0.853. The lowest BCUT2D eigenvalue weighted by Crippen LogP contribution is -2.21. The molecule has 1 amide bonds. The van der Waals surface area contributed by atoms with Crippen molar-refractivity contribution in [1.82, 2.24) is 0 Å². The summed E-state index contributed by atoms with van der Waals surface area (Å²) in [7, 11) is -3.42. The molecular weight excluding hydrogens is 304 g/mol. The minimum Gasteiger partial charge on any atom is -0.484 e. The summed E-state index contributed by atoms with van der Waals surface area (Å²) >= 11 is 0. The lowest BCUT2D eigenvalue weighted by molar-refractivity contribution is -0.118. The second-order valence-corrected chi connectivity index (χ2v) is 6.32. The van der Waals surface area contributed by atoms with E-state index in [0.29, 0.717) is 17.1 Å². The summed E-state index contributed by atoms with van der Waals surface area (Å²) in [5.74, 6) is 0.201. The summed E-state index contributed by atoms with van der Waals surface area (Å²) in [4.78, 5) is 11.9. The Morgan fingerprint density at radius 1 is 1.00 bits per heavy atom. The highest BCUT2D eigenvalue weighted by atomic mass is 32.2. The first kappa shape index (κ1) is 15.8. The lowest BCUT2D eigenvalue weighted by atomic mass is 10.2. The standard InChI is InChI=1S/C15H16N2O4S/c1-22(19,20)17-14-10-6-5-9-13(14)16-15(18)11-21-12-7-3-2-4-8-12/h2-10,17H,11H2,1H3,(H,16,18). The third kappa shape index (κ3) is 5.10. The highest BCUT2D eigenvalue weighted by Crippen LogP contribution is 2.21.